The van der Waals surface area contributed by atoms with Crippen molar-refractivity contribution in [2.75, 3.05) is 20.3 Å². The zero-order valence-corrected chi connectivity index (χ0v) is 9.46. The van der Waals surface area contributed by atoms with Gasteiger partial charge in [-0.3, -0.25) is 0 Å². The van der Waals surface area contributed by atoms with E-state index in [0.29, 0.717) is 12.1 Å². The Hall–Kier alpha value is -0.120. The maximum absolute atomic E-state index is 5.40. The van der Waals surface area contributed by atoms with Gasteiger partial charge >= 0.3 is 0 Å². The summed E-state index contributed by atoms with van der Waals surface area (Å²) >= 11 is 0. The first-order valence-corrected chi connectivity index (χ1v) is 4.95. The van der Waals surface area contributed by atoms with Gasteiger partial charge in [0.2, 0.25) is 0 Å². The highest BCUT2D eigenvalue weighted by atomic mass is 16.5. The lowest BCUT2D eigenvalue weighted by molar-refractivity contribution is 0.0643. The second-order valence-electron chi connectivity index (χ2n) is 3.60. The smallest absolute Gasteiger partial charge is 0.0693 e. The van der Waals surface area contributed by atoms with Gasteiger partial charge in [-0.1, -0.05) is 0 Å². The van der Waals surface area contributed by atoms with Crippen molar-refractivity contribution >= 4 is 0 Å². The molecule has 0 spiro atoms. The fourth-order valence-corrected chi connectivity index (χ4v) is 0.951. The van der Waals surface area contributed by atoms with Gasteiger partial charge in [-0.2, -0.15) is 0 Å². The van der Waals surface area contributed by atoms with Crippen molar-refractivity contribution in [2.45, 2.75) is 45.9 Å². The minimum atomic E-state index is 0.249. The minimum absolute atomic E-state index is 0.249. The monoisotopic (exact) mass is 189 g/mol. The molecule has 0 saturated carbocycles. The van der Waals surface area contributed by atoms with Crippen LogP contribution >= 0.6 is 0 Å². The van der Waals surface area contributed by atoms with Crippen molar-refractivity contribution in [3.8, 4) is 0 Å². The number of ether oxygens (including phenoxy) is 2. The van der Waals surface area contributed by atoms with Crippen molar-refractivity contribution < 1.29 is 9.47 Å². The maximum Gasteiger partial charge on any atom is 0.0693 e. The van der Waals surface area contributed by atoms with E-state index in [1.165, 1.54) is 0 Å². The van der Waals surface area contributed by atoms with Crippen LogP contribution in [-0.2, 0) is 9.47 Å². The first kappa shape index (κ1) is 12.9. The van der Waals surface area contributed by atoms with E-state index in [2.05, 4.69) is 19.2 Å². The van der Waals surface area contributed by atoms with Crippen molar-refractivity contribution in [1.82, 2.24) is 5.32 Å². The van der Waals surface area contributed by atoms with Crippen molar-refractivity contribution in [1.29, 1.82) is 0 Å². The predicted molar refractivity (Wildman–Crippen MR) is 55.0 cm³/mol. The third-order valence-corrected chi connectivity index (χ3v) is 2.10. The van der Waals surface area contributed by atoms with Crippen LogP contribution < -0.4 is 5.32 Å². The third kappa shape index (κ3) is 6.99. The Balaban J connectivity index is 3.31. The molecular weight excluding hydrogens is 166 g/mol. The summed E-state index contributed by atoms with van der Waals surface area (Å²) in [5.41, 5.74) is 0. The topological polar surface area (TPSA) is 30.5 Å². The van der Waals surface area contributed by atoms with Crippen LogP contribution in [0.15, 0.2) is 0 Å². The SMILES string of the molecule is COC(C)C(C)NCCOC(C)C. The lowest BCUT2D eigenvalue weighted by Crippen LogP contribution is -2.38. The van der Waals surface area contributed by atoms with Crippen LogP contribution in [-0.4, -0.2) is 38.5 Å². The zero-order chi connectivity index (χ0) is 10.3. The molecule has 0 aromatic carbocycles. The summed E-state index contributed by atoms with van der Waals surface area (Å²) in [6, 6.07) is 0.376. The molecule has 0 fully saturated rings. The summed E-state index contributed by atoms with van der Waals surface area (Å²) in [5, 5.41) is 3.34. The van der Waals surface area contributed by atoms with Gasteiger partial charge in [0, 0.05) is 19.7 Å². The van der Waals surface area contributed by atoms with E-state index in [1.807, 2.05) is 13.8 Å². The molecule has 0 saturated heterocycles. The summed E-state index contributed by atoms with van der Waals surface area (Å²) in [6.45, 7) is 9.90. The van der Waals surface area contributed by atoms with Crippen LogP contribution in [0.4, 0.5) is 0 Å². The van der Waals surface area contributed by atoms with Crippen molar-refractivity contribution in [3.63, 3.8) is 0 Å². The van der Waals surface area contributed by atoms with Crippen LogP contribution in [0.5, 0.6) is 0 Å². The van der Waals surface area contributed by atoms with Crippen LogP contribution in [0.25, 0.3) is 0 Å². The second-order valence-corrected chi connectivity index (χ2v) is 3.60. The number of hydrogen-bond donors (Lipinski definition) is 1. The zero-order valence-electron chi connectivity index (χ0n) is 9.46. The molecule has 0 amide bonds. The molecule has 0 aliphatic carbocycles. The number of rotatable bonds is 7. The Bertz CT molecular complexity index is 117. The van der Waals surface area contributed by atoms with E-state index >= 15 is 0 Å². The van der Waals surface area contributed by atoms with E-state index < -0.39 is 0 Å². The Kier molecular flexibility index (Phi) is 7.23. The first-order valence-electron chi connectivity index (χ1n) is 4.95. The van der Waals surface area contributed by atoms with Gasteiger partial charge in [0.25, 0.3) is 0 Å². The van der Waals surface area contributed by atoms with Gasteiger partial charge in [-0.05, 0) is 27.7 Å². The van der Waals surface area contributed by atoms with E-state index in [9.17, 15) is 0 Å². The Morgan fingerprint density at radius 3 is 2.23 bits per heavy atom. The van der Waals surface area contributed by atoms with Gasteiger partial charge in [0.15, 0.2) is 0 Å². The molecule has 0 aromatic rings. The van der Waals surface area contributed by atoms with E-state index in [0.717, 1.165) is 13.2 Å². The quantitative estimate of drug-likeness (QED) is 0.614. The molecule has 3 heteroatoms. The number of hydrogen-bond acceptors (Lipinski definition) is 3. The molecule has 0 radical (unpaired) electrons. The maximum atomic E-state index is 5.40. The van der Waals surface area contributed by atoms with Crippen LogP contribution in [0.3, 0.4) is 0 Å². The molecule has 0 aliphatic heterocycles. The highest BCUT2D eigenvalue weighted by molar-refractivity contribution is 4.67. The number of methoxy groups -OCH3 is 1. The largest absolute Gasteiger partial charge is 0.380 e. The molecule has 3 nitrogen and oxygen atoms in total. The van der Waals surface area contributed by atoms with Crippen molar-refractivity contribution in [3.05, 3.63) is 0 Å². The standard InChI is InChI=1S/C10H23NO2/c1-8(2)13-7-6-11-9(3)10(4)12-5/h8-11H,6-7H2,1-5H3. The lowest BCUT2D eigenvalue weighted by atomic mass is 10.2. The van der Waals surface area contributed by atoms with Gasteiger partial charge in [0.05, 0.1) is 18.8 Å². The average molecular weight is 189 g/mol. The molecule has 0 aromatic heterocycles. The van der Waals surface area contributed by atoms with E-state index in [-0.39, 0.29) is 6.10 Å². The molecule has 2 unspecified atom stereocenters. The average Bonchev–Trinajstić information content (AvgIpc) is 2.10. The molecule has 0 rings (SSSR count). The first-order chi connectivity index (χ1) is 6.07. The van der Waals surface area contributed by atoms with Gasteiger partial charge < -0.3 is 14.8 Å². The fraction of sp³-hybridized carbons (Fsp3) is 1.00. The Morgan fingerprint density at radius 2 is 1.77 bits per heavy atom. The van der Waals surface area contributed by atoms with Crippen molar-refractivity contribution in [2.24, 2.45) is 0 Å². The van der Waals surface area contributed by atoms with Crippen LogP contribution in [0.1, 0.15) is 27.7 Å². The van der Waals surface area contributed by atoms with Gasteiger partial charge in [-0.15, -0.1) is 0 Å². The molecular formula is C10H23NO2. The van der Waals surface area contributed by atoms with Gasteiger partial charge in [0.1, 0.15) is 0 Å². The highest BCUT2D eigenvalue weighted by Crippen LogP contribution is 1.95. The highest BCUT2D eigenvalue weighted by Gasteiger charge is 2.09. The summed E-state index contributed by atoms with van der Waals surface area (Å²) in [7, 11) is 1.73. The molecule has 0 aliphatic rings. The fourth-order valence-electron chi connectivity index (χ4n) is 0.951. The van der Waals surface area contributed by atoms with Gasteiger partial charge in [-0.25, -0.2) is 0 Å². The molecule has 80 valence electrons. The normalized spacial score (nSPS) is 16.2. The molecule has 2 atom stereocenters. The minimum Gasteiger partial charge on any atom is -0.380 e. The lowest BCUT2D eigenvalue weighted by Gasteiger charge is -2.20. The Labute approximate surface area is 81.8 Å². The summed E-state index contributed by atoms with van der Waals surface area (Å²) < 4.78 is 10.6. The summed E-state index contributed by atoms with van der Waals surface area (Å²) in [6.07, 6.45) is 0.566. The summed E-state index contributed by atoms with van der Waals surface area (Å²) in [4.78, 5) is 0. The molecule has 0 heterocycles. The number of nitrogens with one attached hydrogen (secondary N) is 1. The van der Waals surface area contributed by atoms with Crippen LogP contribution in [0, 0.1) is 0 Å². The molecule has 1 N–H and O–H groups in total. The molecule has 13 heavy (non-hydrogen) atoms. The Morgan fingerprint density at radius 1 is 1.15 bits per heavy atom. The van der Waals surface area contributed by atoms with Crippen LogP contribution in [0.2, 0.25) is 0 Å². The third-order valence-electron chi connectivity index (χ3n) is 2.10. The van der Waals surface area contributed by atoms with E-state index in [1.54, 1.807) is 7.11 Å². The summed E-state index contributed by atoms with van der Waals surface area (Å²) in [5.74, 6) is 0. The van der Waals surface area contributed by atoms with E-state index in [4.69, 9.17) is 9.47 Å². The predicted octanol–water partition coefficient (Wildman–Crippen LogP) is 1.42. The molecule has 0 bridgehead atoms. The second kappa shape index (κ2) is 7.30.